The molecule has 0 aromatic rings. The molecular weight excluding hydrogens is 353 g/mol. The van der Waals surface area contributed by atoms with E-state index in [1.807, 2.05) is 0 Å². The zero-order chi connectivity index (χ0) is 12.9. The van der Waals surface area contributed by atoms with Gasteiger partial charge in [0.25, 0.3) is 0 Å². The monoisotopic (exact) mass is 360 g/mol. The Morgan fingerprint density at radius 3 is 2.29 bits per heavy atom. The van der Waals surface area contributed by atoms with Crippen LogP contribution in [0.5, 0.6) is 0 Å². The van der Waals surface area contributed by atoms with Gasteiger partial charge in [0.1, 0.15) is 6.10 Å². The highest BCUT2D eigenvalue weighted by molar-refractivity contribution is 6.66. The summed E-state index contributed by atoms with van der Waals surface area (Å²) in [5.74, 6) is 0. The number of ether oxygens (including phenoxy) is 2. The normalized spacial score (nSPS) is 43.4. The van der Waals surface area contributed by atoms with Crippen molar-refractivity contribution in [3.05, 3.63) is 0 Å². The zero-order valence-corrected chi connectivity index (χ0v) is 13.1. The SMILES string of the molecule is ClC1CCC(Cl)(OCC2CO2)C(Cl)(Cl)C1(Cl)Cl. The molecule has 0 aromatic carbocycles. The third kappa shape index (κ3) is 2.62. The van der Waals surface area contributed by atoms with E-state index in [2.05, 4.69) is 0 Å². The molecule has 1 aliphatic heterocycles. The minimum Gasteiger partial charge on any atom is -0.371 e. The van der Waals surface area contributed by atoms with E-state index in [4.69, 9.17) is 79.1 Å². The Morgan fingerprint density at radius 1 is 1.18 bits per heavy atom. The van der Waals surface area contributed by atoms with Crippen LogP contribution in [0.2, 0.25) is 0 Å². The lowest BCUT2D eigenvalue weighted by atomic mass is 9.94. The second-order valence-corrected chi connectivity index (χ2v) is 8.05. The minimum absolute atomic E-state index is 0.0449. The molecule has 0 radical (unpaired) electrons. The Balaban J connectivity index is 2.14. The van der Waals surface area contributed by atoms with E-state index in [1.54, 1.807) is 0 Å². The number of alkyl halides is 6. The highest BCUT2D eigenvalue weighted by Crippen LogP contribution is 2.61. The second kappa shape index (κ2) is 4.89. The van der Waals surface area contributed by atoms with Crippen LogP contribution < -0.4 is 0 Å². The minimum atomic E-state index is -1.70. The molecule has 1 saturated carbocycles. The van der Waals surface area contributed by atoms with E-state index in [0.717, 1.165) is 0 Å². The summed E-state index contributed by atoms with van der Waals surface area (Å²) < 4.78 is 7.28. The van der Waals surface area contributed by atoms with E-state index in [9.17, 15) is 0 Å². The first kappa shape index (κ1) is 15.1. The van der Waals surface area contributed by atoms with Crippen LogP contribution in [0.3, 0.4) is 0 Å². The van der Waals surface area contributed by atoms with Gasteiger partial charge in [-0.3, -0.25) is 0 Å². The van der Waals surface area contributed by atoms with E-state index in [-0.39, 0.29) is 6.10 Å². The van der Waals surface area contributed by atoms with Gasteiger partial charge in [0.05, 0.1) is 18.6 Å². The van der Waals surface area contributed by atoms with Crippen LogP contribution >= 0.6 is 69.6 Å². The van der Waals surface area contributed by atoms with E-state index in [1.165, 1.54) is 0 Å². The van der Waals surface area contributed by atoms with Crippen molar-refractivity contribution in [2.24, 2.45) is 0 Å². The van der Waals surface area contributed by atoms with E-state index < -0.39 is 19.1 Å². The molecule has 0 aromatic heterocycles. The molecule has 8 heteroatoms. The summed E-state index contributed by atoms with van der Waals surface area (Å²) >= 11 is 36.9. The van der Waals surface area contributed by atoms with Gasteiger partial charge >= 0.3 is 0 Å². The summed E-state index contributed by atoms with van der Waals surface area (Å²) in [6, 6.07) is 0. The lowest BCUT2D eigenvalue weighted by Crippen LogP contribution is -2.61. The molecule has 1 aliphatic carbocycles. The molecule has 0 spiro atoms. The van der Waals surface area contributed by atoms with Crippen LogP contribution in [0.4, 0.5) is 0 Å². The van der Waals surface area contributed by atoms with Gasteiger partial charge in [-0.1, -0.05) is 58.0 Å². The molecule has 0 amide bonds. The molecule has 0 N–H and O–H groups in total. The van der Waals surface area contributed by atoms with Crippen LogP contribution in [0, 0.1) is 0 Å². The van der Waals surface area contributed by atoms with Crippen molar-refractivity contribution < 1.29 is 9.47 Å². The third-order valence-electron chi connectivity index (χ3n) is 2.90. The Labute approximate surface area is 130 Å². The Morgan fingerprint density at radius 2 is 1.76 bits per heavy atom. The molecule has 17 heavy (non-hydrogen) atoms. The van der Waals surface area contributed by atoms with Crippen LogP contribution in [0.25, 0.3) is 0 Å². The number of epoxide rings is 1. The van der Waals surface area contributed by atoms with Gasteiger partial charge in [0.2, 0.25) is 0 Å². The van der Waals surface area contributed by atoms with Crippen molar-refractivity contribution in [2.75, 3.05) is 13.2 Å². The maximum Gasteiger partial charge on any atom is 0.194 e. The zero-order valence-electron chi connectivity index (χ0n) is 8.57. The molecule has 100 valence electrons. The van der Waals surface area contributed by atoms with Gasteiger partial charge in [-0.05, 0) is 12.8 Å². The van der Waals surface area contributed by atoms with Crippen molar-refractivity contribution in [1.29, 1.82) is 0 Å². The molecule has 1 saturated heterocycles. The molecule has 3 atom stereocenters. The summed E-state index contributed by atoms with van der Waals surface area (Å²) in [6.45, 7) is 0.955. The summed E-state index contributed by atoms with van der Waals surface area (Å²) in [6.07, 6.45) is 0.873. The first-order chi connectivity index (χ1) is 7.71. The number of halogens is 6. The topological polar surface area (TPSA) is 21.8 Å². The fraction of sp³-hybridized carbons (Fsp3) is 1.00. The summed E-state index contributed by atoms with van der Waals surface area (Å²) in [7, 11) is 0. The van der Waals surface area contributed by atoms with Crippen LogP contribution in [0.1, 0.15) is 12.8 Å². The molecule has 2 rings (SSSR count). The highest BCUT2D eigenvalue weighted by atomic mass is 35.5. The molecule has 0 bridgehead atoms. The molecular formula is C9H10Cl6O2. The number of hydrogen-bond acceptors (Lipinski definition) is 2. The number of rotatable bonds is 3. The Kier molecular flexibility index (Phi) is 4.33. The predicted molar refractivity (Wildman–Crippen MR) is 72.0 cm³/mol. The average molecular weight is 363 g/mol. The van der Waals surface area contributed by atoms with Crippen LogP contribution in [-0.2, 0) is 9.47 Å². The third-order valence-corrected chi connectivity index (χ3v) is 7.13. The molecule has 1 heterocycles. The fourth-order valence-corrected chi connectivity index (χ4v) is 3.54. The molecule has 2 nitrogen and oxygen atoms in total. The van der Waals surface area contributed by atoms with Gasteiger partial charge in [0.15, 0.2) is 13.7 Å². The maximum atomic E-state index is 6.32. The van der Waals surface area contributed by atoms with E-state index >= 15 is 0 Å². The Bertz CT molecular complexity index is 306. The van der Waals surface area contributed by atoms with Crippen LogP contribution in [-0.4, -0.2) is 38.4 Å². The first-order valence-corrected chi connectivity index (χ1v) is 7.37. The van der Waals surface area contributed by atoms with Crippen molar-refractivity contribution in [1.82, 2.24) is 0 Å². The van der Waals surface area contributed by atoms with Gasteiger partial charge in [-0.2, -0.15) is 0 Å². The second-order valence-electron chi connectivity index (χ2n) is 4.20. The quantitative estimate of drug-likeness (QED) is 0.557. The standard InChI is InChI=1S/C9H10Cl6O2/c10-6-1-2-7(11,17-4-5-3-16-5)9(14,15)8(6,12)13/h5-6H,1-4H2. The predicted octanol–water partition coefficient (Wildman–Crippen LogP) is 4.09. The lowest BCUT2D eigenvalue weighted by molar-refractivity contribution is -0.0211. The fourth-order valence-electron chi connectivity index (χ4n) is 1.65. The summed E-state index contributed by atoms with van der Waals surface area (Å²) in [5.41, 5.74) is 0. The molecule has 2 fully saturated rings. The van der Waals surface area contributed by atoms with Crippen molar-refractivity contribution in [3.63, 3.8) is 0 Å². The maximum absolute atomic E-state index is 6.32. The number of hydrogen-bond donors (Lipinski definition) is 0. The summed E-state index contributed by atoms with van der Waals surface area (Å²) in [4.78, 5) is 0. The lowest BCUT2D eigenvalue weighted by Gasteiger charge is -2.50. The molecule has 2 aliphatic rings. The molecule has 3 unspecified atom stereocenters. The van der Waals surface area contributed by atoms with Crippen molar-refractivity contribution in [2.45, 2.75) is 38.0 Å². The van der Waals surface area contributed by atoms with Crippen molar-refractivity contribution in [3.8, 4) is 0 Å². The smallest absolute Gasteiger partial charge is 0.194 e. The van der Waals surface area contributed by atoms with E-state index in [0.29, 0.717) is 26.1 Å². The van der Waals surface area contributed by atoms with Crippen molar-refractivity contribution >= 4 is 69.6 Å². The van der Waals surface area contributed by atoms with Gasteiger partial charge in [-0.15, -0.1) is 11.6 Å². The first-order valence-electron chi connectivity index (χ1n) is 5.05. The average Bonchev–Trinajstić information content (AvgIpc) is 3.04. The Hall–Kier alpha value is 1.66. The summed E-state index contributed by atoms with van der Waals surface area (Å²) in [5, 5.41) is -1.95. The van der Waals surface area contributed by atoms with Gasteiger partial charge in [-0.25, -0.2) is 0 Å². The highest BCUT2D eigenvalue weighted by Gasteiger charge is 2.67. The van der Waals surface area contributed by atoms with Crippen LogP contribution in [0.15, 0.2) is 0 Å². The van der Waals surface area contributed by atoms with Gasteiger partial charge < -0.3 is 9.47 Å². The van der Waals surface area contributed by atoms with Gasteiger partial charge in [0, 0.05) is 0 Å². The largest absolute Gasteiger partial charge is 0.371 e.